The van der Waals surface area contributed by atoms with Gasteiger partial charge in [-0.2, -0.15) is 0 Å². The molecule has 1 heterocycles. The van der Waals surface area contributed by atoms with E-state index in [1.807, 2.05) is 24.3 Å². The second-order valence-electron chi connectivity index (χ2n) is 5.20. The van der Waals surface area contributed by atoms with E-state index >= 15 is 0 Å². The summed E-state index contributed by atoms with van der Waals surface area (Å²) < 4.78 is 27.0. The number of carbonyl (C=O) groups is 1. The first-order valence-corrected chi connectivity index (χ1v) is 7.46. The first-order valence-electron chi connectivity index (χ1n) is 7.46. The fourth-order valence-electron chi connectivity index (χ4n) is 2.39. The Morgan fingerprint density at radius 2 is 1.71 bits per heavy atom. The highest BCUT2D eigenvalue weighted by molar-refractivity contribution is 6.00. The van der Waals surface area contributed by atoms with Gasteiger partial charge in [0.2, 0.25) is 5.91 Å². The molecule has 0 fully saturated rings. The van der Waals surface area contributed by atoms with Crippen LogP contribution in [0.25, 0.3) is 10.9 Å². The normalized spacial score (nSPS) is 10.6. The number of hydrogen-bond acceptors (Lipinski definition) is 3. The van der Waals surface area contributed by atoms with Crippen LogP contribution in [0.5, 0.6) is 0 Å². The third-order valence-electron chi connectivity index (χ3n) is 3.52. The monoisotopic (exact) mass is 327 g/mol. The fourth-order valence-corrected chi connectivity index (χ4v) is 2.39. The van der Waals surface area contributed by atoms with Gasteiger partial charge in [0.05, 0.1) is 11.2 Å². The highest BCUT2D eigenvalue weighted by atomic mass is 19.1. The summed E-state index contributed by atoms with van der Waals surface area (Å²) in [6.45, 7) is 0.113. The number of nitrogens with one attached hydrogen (secondary N) is 2. The van der Waals surface area contributed by atoms with E-state index < -0.39 is 11.6 Å². The maximum absolute atomic E-state index is 13.5. The van der Waals surface area contributed by atoms with Crippen LogP contribution in [-0.4, -0.2) is 17.4 Å². The molecule has 0 saturated heterocycles. The standard InChI is InChI=1S/C18H15F2N3O/c19-13-6-2-7-14(20)18(13)22-11-9-16(24)23-15-8-1-4-12-5-3-10-21-17(12)15/h1-8,10,22H,9,11H2,(H,23,24). The zero-order chi connectivity index (χ0) is 16.9. The van der Waals surface area contributed by atoms with E-state index in [-0.39, 0.29) is 24.6 Å². The van der Waals surface area contributed by atoms with E-state index in [0.29, 0.717) is 11.2 Å². The third kappa shape index (κ3) is 3.48. The number of nitrogens with zero attached hydrogens (tertiary/aromatic N) is 1. The lowest BCUT2D eigenvalue weighted by atomic mass is 10.2. The van der Waals surface area contributed by atoms with Crippen LogP contribution in [0.4, 0.5) is 20.2 Å². The first-order chi connectivity index (χ1) is 11.6. The van der Waals surface area contributed by atoms with E-state index in [2.05, 4.69) is 15.6 Å². The van der Waals surface area contributed by atoms with Gasteiger partial charge in [-0.25, -0.2) is 8.78 Å². The van der Waals surface area contributed by atoms with Crippen molar-refractivity contribution in [3.05, 3.63) is 66.4 Å². The number of benzene rings is 2. The number of para-hydroxylation sites is 2. The van der Waals surface area contributed by atoms with Crippen molar-refractivity contribution in [2.45, 2.75) is 6.42 Å². The summed E-state index contributed by atoms with van der Waals surface area (Å²) in [5.41, 5.74) is 1.08. The third-order valence-corrected chi connectivity index (χ3v) is 3.52. The molecule has 2 aromatic carbocycles. The van der Waals surface area contributed by atoms with Gasteiger partial charge in [-0.15, -0.1) is 0 Å². The summed E-state index contributed by atoms with van der Waals surface area (Å²) in [5.74, 6) is -1.64. The molecule has 0 unspecified atom stereocenters. The average Bonchev–Trinajstić information content (AvgIpc) is 2.58. The molecule has 3 rings (SSSR count). The molecule has 0 spiro atoms. The van der Waals surface area contributed by atoms with Gasteiger partial charge in [0.1, 0.15) is 17.3 Å². The maximum atomic E-state index is 13.5. The highest BCUT2D eigenvalue weighted by Crippen LogP contribution is 2.21. The van der Waals surface area contributed by atoms with E-state index in [0.717, 1.165) is 17.5 Å². The van der Waals surface area contributed by atoms with Crippen LogP contribution in [0.1, 0.15) is 6.42 Å². The van der Waals surface area contributed by atoms with E-state index in [9.17, 15) is 13.6 Å². The van der Waals surface area contributed by atoms with Crippen molar-refractivity contribution in [2.75, 3.05) is 17.2 Å². The topological polar surface area (TPSA) is 54.0 Å². The second-order valence-corrected chi connectivity index (χ2v) is 5.20. The molecule has 3 aromatic rings. The number of rotatable bonds is 5. The number of anilines is 2. The maximum Gasteiger partial charge on any atom is 0.226 e. The Balaban J connectivity index is 1.62. The molecule has 1 aromatic heterocycles. The Labute approximate surface area is 137 Å². The van der Waals surface area contributed by atoms with Crippen molar-refractivity contribution in [3.8, 4) is 0 Å². The molecular formula is C18H15F2N3O. The summed E-state index contributed by atoms with van der Waals surface area (Å²) in [7, 11) is 0. The zero-order valence-electron chi connectivity index (χ0n) is 12.7. The lowest BCUT2D eigenvalue weighted by Crippen LogP contribution is -2.17. The van der Waals surface area contributed by atoms with Crippen LogP contribution in [0.2, 0.25) is 0 Å². The number of halogens is 2. The van der Waals surface area contributed by atoms with Crippen LogP contribution in [0, 0.1) is 11.6 Å². The van der Waals surface area contributed by atoms with Crippen LogP contribution in [-0.2, 0) is 4.79 Å². The van der Waals surface area contributed by atoms with Crippen molar-refractivity contribution >= 4 is 28.2 Å². The largest absolute Gasteiger partial charge is 0.380 e. The van der Waals surface area contributed by atoms with E-state index in [1.165, 1.54) is 6.07 Å². The van der Waals surface area contributed by atoms with Crippen LogP contribution >= 0.6 is 0 Å². The van der Waals surface area contributed by atoms with E-state index in [4.69, 9.17) is 0 Å². The Bertz CT molecular complexity index is 858. The van der Waals surface area contributed by atoms with Crippen molar-refractivity contribution in [3.63, 3.8) is 0 Å². The quantitative estimate of drug-likeness (QED) is 0.746. The molecule has 0 radical (unpaired) electrons. The Morgan fingerprint density at radius 3 is 2.50 bits per heavy atom. The minimum absolute atomic E-state index is 0.0665. The highest BCUT2D eigenvalue weighted by Gasteiger charge is 2.10. The number of amides is 1. The Morgan fingerprint density at radius 1 is 1.00 bits per heavy atom. The predicted molar refractivity (Wildman–Crippen MR) is 89.8 cm³/mol. The lowest BCUT2D eigenvalue weighted by Gasteiger charge is -2.10. The predicted octanol–water partition coefficient (Wildman–Crippen LogP) is 3.95. The van der Waals surface area contributed by atoms with Crippen molar-refractivity contribution < 1.29 is 13.6 Å². The van der Waals surface area contributed by atoms with Crippen molar-refractivity contribution in [1.82, 2.24) is 4.98 Å². The van der Waals surface area contributed by atoms with Crippen LogP contribution < -0.4 is 10.6 Å². The van der Waals surface area contributed by atoms with E-state index in [1.54, 1.807) is 12.3 Å². The van der Waals surface area contributed by atoms with Gasteiger partial charge >= 0.3 is 0 Å². The number of aromatic nitrogens is 1. The molecule has 0 aliphatic carbocycles. The molecule has 0 aliphatic rings. The van der Waals surface area contributed by atoms with Crippen LogP contribution in [0.3, 0.4) is 0 Å². The van der Waals surface area contributed by atoms with Crippen LogP contribution in [0.15, 0.2) is 54.7 Å². The molecule has 0 atom stereocenters. The molecule has 1 amide bonds. The van der Waals surface area contributed by atoms with Crippen molar-refractivity contribution in [2.24, 2.45) is 0 Å². The molecule has 0 bridgehead atoms. The van der Waals surface area contributed by atoms with Crippen molar-refractivity contribution in [1.29, 1.82) is 0 Å². The molecule has 2 N–H and O–H groups in total. The average molecular weight is 327 g/mol. The van der Waals surface area contributed by atoms with Gasteiger partial charge in [-0.3, -0.25) is 9.78 Å². The minimum atomic E-state index is -0.686. The van der Waals surface area contributed by atoms with Gasteiger partial charge in [0.25, 0.3) is 0 Å². The molecular weight excluding hydrogens is 312 g/mol. The fraction of sp³-hybridized carbons (Fsp3) is 0.111. The number of hydrogen-bond donors (Lipinski definition) is 2. The Hall–Kier alpha value is -3.02. The Kier molecular flexibility index (Phi) is 4.65. The smallest absolute Gasteiger partial charge is 0.226 e. The zero-order valence-corrected chi connectivity index (χ0v) is 12.7. The SMILES string of the molecule is O=C(CCNc1c(F)cccc1F)Nc1cccc2cccnc12. The van der Waals surface area contributed by atoms with Gasteiger partial charge < -0.3 is 10.6 Å². The first kappa shape index (κ1) is 15.9. The summed E-state index contributed by atoms with van der Waals surface area (Å²) >= 11 is 0. The minimum Gasteiger partial charge on any atom is -0.380 e. The summed E-state index contributed by atoms with van der Waals surface area (Å²) in [4.78, 5) is 16.3. The summed E-state index contributed by atoms with van der Waals surface area (Å²) in [6, 6.07) is 12.8. The van der Waals surface area contributed by atoms with Gasteiger partial charge in [-0.05, 0) is 24.3 Å². The van der Waals surface area contributed by atoms with Gasteiger partial charge in [0.15, 0.2) is 0 Å². The second kappa shape index (κ2) is 7.04. The summed E-state index contributed by atoms with van der Waals surface area (Å²) in [5, 5.41) is 6.30. The molecule has 0 saturated carbocycles. The number of fused-ring (bicyclic) bond motifs is 1. The molecule has 4 nitrogen and oxygen atoms in total. The van der Waals surface area contributed by atoms with Gasteiger partial charge in [0, 0.05) is 24.5 Å². The molecule has 6 heteroatoms. The lowest BCUT2D eigenvalue weighted by molar-refractivity contribution is -0.115. The number of carbonyl (C=O) groups excluding carboxylic acids is 1. The number of pyridine rings is 1. The molecule has 122 valence electrons. The molecule has 0 aliphatic heterocycles. The molecule has 24 heavy (non-hydrogen) atoms. The van der Waals surface area contributed by atoms with Gasteiger partial charge in [-0.1, -0.05) is 24.3 Å². The summed E-state index contributed by atoms with van der Waals surface area (Å²) in [6.07, 6.45) is 1.72.